The molecular weight excluding hydrogens is 172 g/mol. The Morgan fingerprint density at radius 3 is 2.43 bits per heavy atom. The third-order valence-corrected chi connectivity index (χ3v) is 3.59. The van der Waals surface area contributed by atoms with E-state index in [9.17, 15) is 0 Å². The van der Waals surface area contributed by atoms with Crippen LogP contribution < -0.4 is 5.32 Å². The molecule has 0 radical (unpaired) electrons. The maximum Gasteiger partial charge on any atom is 0.0166 e. The Labute approximate surface area is 89.1 Å². The van der Waals surface area contributed by atoms with Crippen LogP contribution in [-0.2, 0) is 0 Å². The van der Waals surface area contributed by atoms with Crippen LogP contribution in [0.25, 0.3) is 0 Å². The zero-order valence-electron chi connectivity index (χ0n) is 10.4. The highest BCUT2D eigenvalue weighted by molar-refractivity contribution is 4.83. The highest BCUT2D eigenvalue weighted by Crippen LogP contribution is 2.17. The van der Waals surface area contributed by atoms with E-state index >= 15 is 0 Å². The molecule has 0 aromatic carbocycles. The van der Waals surface area contributed by atoms with E-state index < -0.39 is 0 Å². The smallest absolute Gasteiger partial charge is 0.0166 e. The van der Waals surface area contributed by atoms with Gasteiger partial charge in [0.2, 0.25) is 0 Å². The van der Waals surface area contributed by atoms with Gasteiger partial charge in [0.25, 0.3) is 0 Å². The van der Waals surface area contributed by atoms with Crippen LogP contribution in [0.1, 0.15) is 41.0 Å². The van der Waals surface area contributed by atoms with E-state index in [1.54, 1.807) is 0 Å². The average molecular weight is 198 g/mol. The van der Waals surface area contributed by atoms with Crippen molar-refractivity contribution in [2.45, 2.75) is 59.2 Å². The van der Waals surface area contributed by atoms with Gasteiger partial charge in [-0.3, -0.25) is 4.90 Å². The summed E-state index contributed by atoms with van der Waals surface area (Å²) in [6.45, 7) is 14.0. The Hall–Kier alpha value is -0.0800. The third kappa shape index (κ3) is 2.96. The summed E-state index contributed by atoms with van der Waals surface area (Å²) in [5.74, 6) is 0.753. The molecule has 1 heterocycles. The van der Waals surface area contributed by atoms with Crippen molar-refractivity contribution in [3.63, 3.8) is 0 Å². The molecule has 0 saturated carbocycles. The van der Waals surface area contributed by atoms with E-state index in [1.165, 1.54) is 19.5 Å². The van der Waals surface area contributed by atoms with Crippen molar-refractivity contribution < 1.29 is 0 Å². The van der Waals surface area contributed by atoms with Gasteiger partial charge < -0.3 is 5.32 Å². The van der Waals surface area contributed by atoms with Gasteiger partial charge in [-0.25, -0.2) is 0 Å². The highest BCUT2D eigenvalue weighted by Gasteiger charge is 2.25. The van der Waals surface area contributed by atoms with Gasteiger partial charge in [0.15, 0.2) is 0 Å². The molecule has 0 bridgehead atoms. The summed E-state index contributed by atoms with van der Waals surface area (Å²) in [5, 5.41) is 3.56. The average Bonchev–Trinajstić information content (AvgIpc) is 2.27. The van der Waals surface area contributed by atoms with Crippen LogP contribution in [0.3, 0.4) is 0 Å². The number of nitrogens with zero attached hydrogens (tertiary/aromatic N) is 1. The fraction of sp³-hybridized carbons (Fsp3) is 1.00. The third-order valence-electron chi connectivity index (χ3n) is 3.59. The molecule has 3 unspecified atom stereocenters. The van der Waals surface area contributed by atoms with Crippen molar-refractivity contribution >= 4 is 0 Å². The molecule has 1 aliphatic rings. The molecule has 0 spiro atoms. The summed E-state index contributed by atoms with van der Waals surface area (Å²) >= 11 is 0. The van der Waals surface area contributed by atoms with Gasteiger partial charge in [-0.05, 0) is 39.7 Å². The van der Waals surface area contributed by atoms with Crippen LogP contribution in [0.15, 0.2) is 0 Å². The monoisotopic (exact) mass is 198 g/mol. The van der Waals surface area contributed by atoms with Crippen LogP contribution in [0, 0.1) is 5.92 Å². The Bertz CT molecular complexity index is 168. The Balaban J connectivity index is 2.62. The van der Waals surface area contributed by atoms with Crippen LogP contribution in [0.4, 0.5) is 0 Å². The van der Waals surface area contributed by atoms with Crippen molar-refractivity contribution in [2.24, 2.45) is 5.92 Å². The second kappa shape index (κ2) is 5.13. The van der Waals surface area contributed by atoms with Gasteiger partial charge >= 0.3 is 0 Å². The Morgan fingerprint density at radius 2 is 1.86 bits per heavy atom. The first-order chi connectivity index (χ1) is 6.52. The van der Waals surface area contributed by atoms with Crippen molar-refractivity contribution in [3.05, 3.63) is 0 Å². The summed E-state index contributed by atoms with van der Waals surface area (Å²) in [4.78, 5) is 2.66. The molecule has 2 nitrogen and oxygen atoms in total. The lowest BCUT2D eigenvalue weighted by Gasteiger charge is -2.36. The molecular formula is C12H26N2. The minimum atomic E-state index is 0.640. The highest BCUT2D eigenvalue weighted by atomic mass is 15.2. The zero-order chi connectivity index (χ0) is 10.7. The molecule has 0 aliphatic carbocycles. The summed E-state index contributed by atoms with van der Waals surface area (Å²) < 4.78 is 0. The van der Waals surface area contributed by atoms with Crippen LogP contribution >= 0.6 is 0 Å². The molecule has 1 N–H and O–H groups in total. The molecule has 84 valence electrons. The number of hydrogen-bond donors (Lipinski definition) is 1. The van der Waals surface area contributed by atoms with Crippen LogP contribution in [0.5, 0.6) is 0 Å². The lowest BCUT2D eigenvalue weighted by atomic mass is 10.0. The van der Waals surface area contributed by atoms with Crippen molar-refractivity contribution in [3.8, 4) is 0 Å². The molecule has 1 fully saturated rings. The minimum absolute atomic E-state index is 0.640. The quantitative estimate of drug-likeness (QED) is 0.731. The molecule has 1 saturated heterocycles. The van der Waals surface area contributed by atoms with E-state index in [0.29, 0.717) is 12.1 Å². The first kappa shape index (κ1) is 12.0. The molecule has 1 aliphatic heterocycles. The lowest BCUT2D eigenvalue weighted by Crippen LogP contribution is -2.45. The largest absolute Gasteiger partial charge is 0.313 e. The van der Waals surface area contributed by atoms with Crippen molar-refractivity contribution in [1.29, 1.82) is 0 Å². The van der Waals surface area contributed by atoms with Crippen LogP contribution in [0.2, 0.25) is 0 Å². The summed E-state index contributed by atoms with van der Waals surface area (Å²) in [6, 6.07) is 2.07. The van der Waals surface area contributed by atoms with Gasteiger partial charge in [-0.1, -0.05) is 13.8 Å². The van der Waals surface area contributed by atoms with Gasteiger partial charge in [0, 0.05) is 24.7 Å². The van der Waals surface area contributed by atoms with Gasteiger partial charge in [0.1, 0.15) is 0 Å². The molecule has 0 aromatic heterocycles. The molecule has 14 heavy (non-hydrogen) atoms. The summed E-state index contributed by atoms with van der Waals surface area (Å²) in [5.41, 5.74) is 0. The number of hydrogen-bond acceptors (Lipinski definition) is 2. The molecule has 1 rings (SSSR count). The molecule has 3 atom stereocenters. The fourth-order valence-electron chi connectivity index (χ4n) is 2.22. The zero-order valence-corrected chi connectivity index (χ0v) is 10.4. The fourth-order valence-corrected chi connectivity index (χ4v) is 2.22. The van der Waals surface area contributed by atoms with Gasteiger partial charge in [-0.15, -0.1) is 0 Å². The summed E-state index contributed by atoms with van der Waals surface area (Å²) in [7, 11) is 0. The predicted molar refractivity (Wildman–Crippen MR) is 62.5 cm³/mol. The maximum atomic E-state index is 3.56. The Morgan fingerprint density at radius 1 is 1.21 bits per heavy atom. The van der Waals surface area contributed by atoms with E-state index in [1.807, 2.05) is 0 Å². The first-order valence-electron chi connectivity index (χ1n) is 6.01. The molecule has 0 aromatic rings. The minimum Gasteiger partial charge on any atom is -0.313 e. The van der Waals surface area contributed by atoms with Crippen molar-refractivity contribution in [2.75, 3.05) is 13.1 Å². The van der Waals surface area contributed by atoms with E-state index in [0.717, 1.165) is 12.0 Å². The number of rotatable bonds is 2. The van der Waals surface area contributed by atoms with E-state index in [2.05, 4.69) is 44.8 Å². The van der Waals surface area contributed by atoms with E-state index in [-0.39, 0.29) is 0 Å². The summed E-state index contributed by atoms with van der Waals surface area (Å²) in [6.07, 6.45) is 1.28. The van der Waals surface area contributed by atoms with E-state index in [4.69, 9.17) is 0 Å². The normalized spacial score (nSPS) is 33.0. The Kier molecular flexibility index (Phi) is 4.39. The maximum absolute atomic E-state index is 3.56. The second-order valence-electron chi connectivity index (χ2n) is 5.17. The first-order valence-corrected chi connectivity index (χ1v) is 6.01. The van der Waals surface area contributed by atoms with Gasteiger partial charge in [0.05, 0.1) is 0 Å². The van der Waals surface area contributed by atoms with Gasteiger partial charge in [-0.2, -0.15) is 0 Å². The van der Waals surface area contributed by atoms with Crippen molar-refractivity contribution in [1.82, 2.24) is 10.2 Å². The number of nitrogens with one attached hydrogen (secondary N) is 1. The second-order valence-corrected chi connectivity index (χ2v) is 5.17. The lowest BCUT2D eigenvalue weighted by molar-refractivity contribution is 0.121. The SMILES string of the molecule is CC1CN(C(C)C(C)C)C(C)CCN1. The molecule has 0 amide bonds. The predicted octanol–water partition coefficient (Wildman–Crippen LogP) is 2.10. The topological polar surface area (TPSA) is 15.3 Å². The molecule has 2 heteroatoms. The standard InChI is InChI=1S/C12H26N2/c1-9(2)12(5)14-8-10(3)13-7-6-11(14)4/h9-13H,6-8H2,1-5H3. The van der Waals surface area contributed by atoms with Crippen LogP contribution in [-0.4, -0.2) is 36.1 Å².